The van der Waals surface area contributed by atoms with Crippen molar-refractivity contribution in [1.29, 1.82) is 0 Å². The minimum atomic E-state index is -1.09. The van der Waals surface area contributed by atoms with Crippen molar-refractivity contribution < 1.29 is 19.5 Å². The lowest BCUT2D eigenvalue weighted by Crippen LogP contribution is -2.42. The molecule has 0 spiro atoms. The molecule has 1 aliphatic heterocycles. The summed E-state index contributed by atoms with van der Waals surface area (Å²) in [6.07, 6.45) is 9.09. The highest BCUT2D eigenvalue weighted by Crippen LogP contribution is 2.27. The van der Waals surface area contributed by atoms with Crippen molar-refractivity contribution in [2.45, 2.75) is 64.6 Å². The normalized spacial score (nSPS) is 15.7. The molecule has 0 aliphatic carbocycles. The average molecular weight is 543 g/mol. The van der Waals surface area contributed by atoms with Gasteiger partial charge in [0.15, 0.2) is 0 Å². The smallest absolute Gasteiger partial charge is 0.326 e. The van der Waals surface area contributed by atoms with Gasteiger partial charge in [-0.3, -0.25) is 19.5 Å². The number of carbonyl (C=O) groups excluding carboxylic acids is 2. The van der Waals surface area contributed by atoms with E-state index in [0.717, 1.165) is 61.0 Å². The third-order valence-electron chi connectivity index (χ3n) is 7.28. The monoisotopic (exact) mass is 542 g/mol. The van der Waals surface area contributed by atoms with Crippen LogP contribution >= 0.6 is 0 Å². The number of hydrogen-bond donors (Lipinski definition) is 2. The van der Waals surface area contributed by atoms with E-state index in [1.54, 1.807) is 24.1 Å². The van der Waals surface area contributed by atoms with E-state index in [-0.39, 0.29) is 12.3 Å². The fourth-order valence-corrected chi connectivity index (χ4v) is 5.20. The molecule has 0 unspecified atom stereocenters. The molecule has 210 valence electrons. The van der Waals surface area contributed by atoms with Gasteiger partial charge in [0.2, 0.25) is 5.91 Å². The summed E-state index contributed by atoms with van der Waals surface area (Å²) in [5, 5.41) is 12.5. The summed E-state index contributed by atoms with van der Waals surface area (Å²) in [7, 11) is 0. The van der Waals surface area contributed by atoms with Gasteiger partial charge in [-0.05, 0) is 60.3 Å². The number of carboxylic acid groups (broad SMARTS) is 1. The zero-order valence-corrected chi connectivity index (χ0v) is 23.1. The topological polar surface area (TPSA) is 103 Å². The molecule has 3 aromatic rings. The van der Waals surface area contributed by atoms with Crippen LogP contribution in [0, 0.1) is 0 Å². The van der Waals surface area contributed by atoms with E-state index >= 15 is 0 Å². The molecule has 0 saturated heterocycles. The Morgan fingerprint density at radius 1 is 0.925 bits per heavy atom. The van der Waals surface area contributed by atoms with Gasteiger partial charge in [0.1, 0.15) is 6.04 Å². The lowest BCUT2D eigenvalue weighted by molar-refractivity contribution is -0.139. The number of amides is 2. The molecule has 8 nitrogen and oxygen atoms in total. The SMILES string of the molecule is CC(=O)N1CCCCCCCN(Cc2cccnc2)Cc2cc(C(=O)N[C@@H](Cc3ccccc3)C(=O)O)ccc21. The first-order valence-electron chi connectivity index (χ1n) is 14.0. The molecule has 2 N–H and O–H groups in total. The maximum absolute atomic E-state index is 13.3. The van der Waals surface area contributed by atoms with Gasteiger partial charge in [0, 0.05) is 56.6 Å². The molecule has 40 heavy (non-hydrogen) atoms. The highest BCUT2D eigenvalue weighted by molar-refractivity contribution is 5.98. The Kier molecular flexibility index (Phi) is 10.4. The van der Waals surface area contributed by atoms with Gasteiger partial charge in [-0.1, -0.05) is 55.7 Å². The third kappa shape index (κ3) is 8.23. The zero-order valence-electron chi connectivity index (χ0n) is 23.1. The predicted octanol–water partition coefficient (Wildman–Crippen LogP) is 4.83. The highest BCUT2D eigenvalue weighted by atomic mass is 16.4. The molecule has 2 amide bonds. The molecule has 0 saturated carbocycles. The summed E-state index contributed by atoms with van der Waals surface area (Å²) in [5.41, 5.74) is 3.95. The van der Waals surface area contributed by atoms with Crippen LogP contribution in [0.2, 0.25) is 0 Å². The zero-order chi connectivity index (χ0) is 28.3. The van der Waals surface area contributed by atoms with E-state index < -0.39 is 17.9 Å². The fourth-order valence-electron chi connectivity index (χ4n) is 5.20. The molecule has 0 bridgehead atoms. The molecule has 4 rings (SSSR count). The van der Waals surface area contributed by atoms with E-state index in [1.807, 2.05) is 54.7 Å². The lowest BCUT2D eigenvalue weighted by atomic mass is 10.0. The number of rotatable bonds is 7. The Morgan fingerprint density at radius 2 is 1.65 bits per heavy atom. The van der Waals surface area contributed by atoms with Crippen molar-refractivity contribution >= 4 is 23.5 Å². The van der Waals surface area contributed by atoms with Gasteiger partial charge < -0.3 is 15.3 Å². The lowest BCUT2D eigenvalue weighted by Gasteiger charge is -2.29. The Bertz CT molecular complexity index is 1280. The molecule has 1 aromatic heterocycles. The molecular weight excluding hydrogens is 504 g/mol. The Morgan fingerprint density at radius 3 is 2.35 bits per heavy atom. The average Bonchev–Trinajstić information content (AvgIpc) is 2.94. The van der Waals surface area contributed by atoms with E-state index in [4.69, 9.17) is 0 Å². The van der Waals surface area contributed by atoms with Crippen molar-refractivity contribution in [3.05, 3.63) is 95.3 Å². The number of anilines is 1. The minimum Gasteiger partial charge on any atom is -0.480 e. The Labute approximate surface area is 236 Å². The summed E-state index contributed by atoms with van der Waals surface area (Å²) in [6.45, 7) is 4.31. The molecular formula is C32H38N4O4. The van der Waals surface area contributed by atoms with Crippen LogP contribution in [-0.2, 0) is 29.1 Å². The quantitative estimate of drug-likeness (QED) is 0.444. The van der Waals surface area contributed by atoms with Gasteiger partial charge in [-0.15, -0.1) is 0 Å². The van der Waals surface area contributed by atoms with Gasteiger partial charge >= 0.3 is 5.97 Å². The second kappa shape index (κ2) is 14.4. The van der Waals surface area contributed by atoms with Crippen LogP contribution < -0.4 is 10.2 Å². The van der Waals surface area contributed by atoms with Crippen LogP contribution in [0.15, 0.2) is 73.1 Å². The largest absolute Gasteiger partial charge is 0.480 e. The molecule has 2 aromatic carbocycles. The number of nitrogens with one attached hydrogen (secondary N) is 1. The van der Waals surface area contributed by atoms with Crippen LogP contribution in [0.3, 0.4) is 0 Å². The number of nitrogens with zero attached hydrogens (tertiary/aromatic N) is 3. The van der Waals surface area contributed by atoms with Crippen LogP contribution in [0.25, 0.3) is 0 Å². The van der Waals surface area contributed by atoms with Crippen LogP contribution in [0.5, 0.6) is 0 Å². The van der Waals surface area contributed by atoms with Crippen molar-refractivity contribution in [2.24, 2.45) is 0 Å². The summed E-state index contributed by atoms with van der Waals surface area (Å²) in [6, 6.07) is 17.5. The molecule has 2 heterocycles. The minimum absolute atomic E-state index is 0.0388. The number of fused-ring (bicyclic) bond motifs is 1. The van der Waals surface area contributed by atoms with E-state index in [1.165, 1.54) is 0 Å². The number of pyridine rings is 1. The molecule has 1 atom stereocenters. The predicted molar refractivity (Wildman–Crippen MR) is 155 cm³/mol. The van der Waals surface area contributed by atoms with Gasteiger partial charge in [-0.25, -0.2) is 4.79 Å². The maximum Gasteiger partial charge on any atom is 0.326 e. The van der Waals surface area contributed by atoms with E-state index in [0.29, 0.717) is 25.2 Å². The number of aliphatic carboxylic acids is 1. The second-order valence-corrected chi connectivity index (χ2v) is 10.4. The van der Waals surface area contributed by atoms with Crippen molar-refractivity contribution in [3.8, 4) is 0 Å². The summed E-state index contributed by atoms with van der Waals surface area (Å²) >= 11 is 0. The summed E-state index contributed by atoms with van der Waals surface area (Å²) < 4.78 is 0. The van der Waals surface area contributed by atoms with Crippen molar-refractivity contribution in [3.63, 3.8) is 0 Å². The maximum atomic E-state index is 13.3. The third-order valence-corrected chi connectivity index (χ3v) is 7.28. The van der Waals surface area contributed by atoms with Gasteiger partial charge in [0.25, 0.3) is 5.91 Å². The van der Waals surface area contributed by atoms with Crippen LogP contribution in [-0.4, -0.2) is 51.9 Å². The van der Waals surface area contributed by atoms with Crippen LogP contribution in [0.1, 0.15) is 66.1 Å². The number of aromatic nitrogens is 1. The van der Waals surface area contributed by atoms with Crippen LogP contribution in [0.4, 0.5) is 5.69 Å². The number of carbonyl (C=O) groups is 3. The highest BCUT2D eigenvalue weighted by Gasteiger charge is 2.24. The fraction of sp³-hybridized carbons (Fsp3) is 0.375. The molecule has 8 heteroatoms. The van der Waals surface area contributed by atoms with E-state index in [2.05, 4.69) is 21.3 Å². The Hall–Kier alpha value is -4.04. The first-order valence-corrected chi connectivity index (χ1v) is 14.0. The molecule has 1 aliphatic rings. The Balaban J connectivity index is 1.63. The summed E-state index contributed by atoms with van der Waals surface area (Å²) in [4.78, 5) is 46.4. The van der Waals surface area contributed by atoms with Crippen molar-refractivity contribution in [1.82, 2.24) is 15.2 Å². The van der Waals surface area contributed by atoms with E-state index in [9.17, 15) is 19.5 Å². The van der Waals surface area contributed by atoms with Crippen molar-refractivity contribution in [2.75, 3.05) is 18.0 Å². The molecule has 0 radical (unpaired) electrons. The number of hydrogen-bond acceptors (Lipinski definition) is 5. The second-order valence-electron chi connectivity index (χ2n) is 10.4. The van der Waals surface area contributed by atoms with Gasteiger partial charge in [0.05, 0.1) is 0 Å². The number of benzene rings is 2. The van der Waals surface area contributed by atoms with Gasteiger partial charge in [-0.2, -0.15) is 0 Å². The summed E-state index contributed by atoms with van der Waals surface area (Å²) in [5.74, 6) is -1.58. The number of carboxylic acids is 1. The first-order chi connectivity index (χ1) is 19.4. The first kappa shape index (κ1) is 29.0. The standard InChI is InChI=1S/C32H38N4O4/c1-24(37)36-18-9-4-2-3-8-17-35(22-26-13-10-16-33-21-26)23-28-20-27(14-15-30(28)36)31(38)34-29(32(39)40)19-25-11-6-5-7-12-25/h5-7,10-16,20-21,29H,2-4,8-9,17-19,22-23H2,1H3,(H,34,38)(H,39,40)/t29-/m0/s1. The molecule has 0 fully saturated rings.